The van der Waals surface area contributed by atoms with Crippen LogP contribution in [0, 0.1) is 6.92 Å². The monoisotopic (exact) mass is 717 g/mol. The molecule has 0 aromatic heterocycles. The van der Waals surface area contributed by atoms with Gasteiger partial charge in [-0.05, 0) is 67.9 Å². The fourth-order valence-electron chi connectivity index (χ4n) is 4.77. The first kappa shape index (κ1) is 38.7. The van der Waals surface area contributed by atoms with Crippen LogP contribution in [0.25, 0.3) is 0 Å². The molecule has 0 aliphatic heterocycles. The summed E-state index contributed by atoms with van der Waals surface area (Å²) in [6.07, 6.45) is 1.14. The Bertz CT molecular complexity index is 2120. The third kappa shape index (κ3) is 10.9. The first-order chi connectivity index (χ1) is 25.3. The fraction of sp³-hybridized carbons (Fsp3) is 0.154. The molecule has 0 N–H and O–H groups in total. The zero-order chi connectivity index (χ0) is 38.5. The molecule has 0 unspecified atom stereocenters. The maximum atomic E-state index is 13.4. The van der Waals surface area contributed by atoms with Crippen molar-refractivity contribution in [3.05, 3.63) is 125 Å². The highest BCUT2D eigenvalue weighted by atomic mass is 16.7. The molecule has 0 saturated heterocycles. The van der Waals surface area contributed by atoms with E-state index in [1.165, 1.54) is 27.7 Å². The molecule has 0 heterocycles. The highest BCUT2D eigenvalue weighted by Crippen LogP contribution is 2.35. The summed E-state index contributed by atoms with van der Waals surface area (Å²) >= 11 is 0. The van der Waals surface area contributed by atoms with Crippen molar-refractivity contribution in [3.8, 4) is 0 Å². The lowest BCUT2D eigenvalue weighted by Gasteiger charge is -2.26. The molecule has 4 aromatic rings. The number of hydrogen-bond donors (Lipinski definition) is 0. The Kier molecular flexibility index (Phi) is 13.3. The molecule has 0 saturated carbocycles. The number of ketones is 1. The maximum absolute atomic E-state index is 13.4. The van der Waals surface area contributed by atoms with E-state index < -0.39 is 23.9 Å². The third-order valence-corrected chi connectivity index (χ3v) is 7.15. The van der Waals surface area contributed by atoms with Crippen LogP contribution in [0.5, 0.6) is 0 Å². The summed E-state index contributed by atoms with van der Waals surface area (Å²) in [7, 11) is 0. The molecule has 0 fully saturated rings. The number of anilines is 3. The molecule has 14 nitrogen and oxygen atoms in total. The molecule has 4 aromatic carbocycles. The summed E-state index contributed by atoms with van der Waals surface area (Å²) < 4.78 is 0. The van der Waals surface area contributed by atoms with Crippen molar-refractivity contribution in [3.63, 3.8) is 0 Å². The average Bonchev–Trinajstić information content (AvgIpc) is 3.13. The van der Waals surface area contributed by atoms with Crippen LogP contribution in [0.1, 0.15) is 67.2 Å². The van der Waals surface area contributed by atoms with Gasteiger partial charge in [-0.25, -0.2) is 19.2 Å². The fourth-order valence-corrected chi connectivity index (χ4v) is 4.77. The van der Waals surface area contributed by atoms with Crippen LogP contribution in [-0.4, -0.2) is 53.0 Å². The first-order valence-electron chi connectivity index (χ1n) is 16.0. The van der Waals surface area contributed by atoms with Crippen molar-refractivity contribution in [1.82, 2.24) is 0 Å². The second-order valence-corrected chi connectivity index (χ2v) is 11.3. The number of rotatable bonds is 13. The van der Waals surface area contributed by atoms with Crippen LogP contribution in [0.4, 0.5) is 17.1 Å². The van der Waals surface area contributed by atoms with Crippen molar-refractivity contribution in [1.29, 1.82) is 0 Å². The molecular formula is C39H35N5O9. The van der Waals surface area contributed by atoms with Crippen LogP contribution >= 0.6 is 0 Å². The predicted molar refractivity (Wildman–Crippen MR) is 197 cm³/mol. The van der Waals surface area contributed by atoms with Gasteiger partial charge in [-0.3, -0.25) is 4.79 Å². The third-order valence-electron chi connectivity index (χ3n) is 7.15. The molecule has 0 aliphatic carbocycles. The van der Waals surface area contributed by atoms with Crippen molar-refractivity contribution in [2.45, 2.75) is 41.5 Å². The zero-order valence-corrected chi connectivity index (χ0v) is 29.7. The number of aryl methyl sites for hydroxylation is 1. The molecule has 270 valence electrons. The Morgan fingerprint density at radius 3 is 1.49 bits per heavy atom. The van der Waals surface area contributed by atoms with Gasteiger partial charge in [0.05, 0.1) is 6.21 Å². The highest BCUT2D eigenvalue weighted by molar-refractivity contribution is 6.47. The molecule has 4 rings (SSSR count). The number of carbonyl (C=O) groups is 5. The number of oxime groups is 4. The van der Waals surface area contributed by atoms with E-state index in [0.29, 0.717) is 39.3 Å². The normalized spacial score (nSPS) is 11.8. The van der Waals surface area contributed by atoms with Crippen molar-refractivity contribution in [2.24, 2.45) is 20.6 Å². The van der Waals surface area contributed by atoms with E-state index in [-0.39, 0.29) is 22.9 Å². The number of hydrogen-bond acceptors (Lipinski definition) is 14. The van der Waals surface area contributed by atoms with Gasteiger partial charge < -0.3 is 24.3 Å². The average molecular weight is 718 g/mol. The second kappa shape index (κ2) is 18.2. The lowest BCUT2D eigenvalue weighted by Crippen LogP contribution is -2.16. The Morgan fingerprint density at radius 1 is 0.528 bits per heavy atom. The SMILES string of the molecule is CC(=O)ON=C/C(=N\OC(C)=O)c1ccc(N(c2ccc(C(=O)c3ccccc3C)cc2)c2ccc(C(=NOC(C)=O)C(C)=NOC(C)=O)cc2)cc1. The Labute approximate surface area is 304 Å². The molecule has 0 atom stereocenters. The minimum absolute atomic E-state index is 0.105. The summed E-state index contributed by atoms with van der Waals surface area (Å²) in [4.78, 5) is 80.0. The summed E-state index contributed by atoms with van der Waals surface area (Å²) in [5.41, 5.74) is 5.42. The molecular weight excluding hydrogens is 682 g/mol. The summed E-state index contributed by atoms with van der Waals surface area (Å²) in [6.45, 7) is 8.20. The minimum atomic E-state index is -0.659. The highest BCUT2D eigenvalue weighted by Gasteiger charge is 2.18. The predicted octanol–water partition coefficient (Wildman–Crippen LogP) is 6.72. The van der Waals surface area contributed by atoms with Gasteiger partial charge in [-0.2, -0.15) is 0 Å². The number of carbonyl (C=O) groups excluding carboxylic acids is 5. The lowest BCUT2D eigenvalue weighted by molar-refractivity contribution is -0.142. The van der Waals surface area contributed by atoms with Crippen molar-refractivity contribution >= 4 is 70.1 Å². The van der Waals surface area contributed by atoms with E-state index in [0.717, 1.165) is 11.8 Å². The molecule has 0 amide bonds. The van der Waals surface area contributed by atoms with E-state index in [2.05, 4.69) is 25.5 Å². The number of benzene rings is 4. The second-order valence-electron chi connectivity index (χ2n) is 11.3. The molecule has 14 heteroatoms. The van der Waals surface area contributed by atoms with E-state index in [9.17, 15) is 24.0 Å². The molecule has 53 heavy (non-hydrogen) atoms. The minimum Gasteiger partial charge on any atom is -0.319 e. The Hall–Kier alpha value is -7.09. The standard InChI is InChI=1S/C39H35N5O9/c1-24-9-7-8-10-36(24)39(49)32-15-21-35(22-16-32)44(33-17-11-30(12-18-33)37(42-52-28(5)47)23-40-50-26(3)45)34-19-13-31(14-20-34)38(43-53-29(6)48)25(2)41-51-27(4)46/h7-23H,1-6H3/b40-23?,41-25?,42-37+,43-38?. The van der Waals surface area contributed by atoms with E-state index in [4.69, 9.17) is 14.5 Å². The van der Waals surface area contributed by atoms with Gasteiger partial charge >= 0.3 is 23.9 Å². The van der Waals surface area contributed by atoms with E-state index >= 15 is 0 Å². The maximum Gasteiger partial charge on any atom is 0.332 e. The van der Waals surface area contributed by atoms with Gasteiger partial charge in [-0.15, -0.1) is 0 Å². The topological polar surface area (TPSA) is 175 Å². The van der Waals surface area contributed by atoms with Gasteiger partial charge in [0.1, 0.15) is 17.1 Å². The van der Waals surface area contributed by atoms with Crippen LogP contribution in [-0.2, 0) is 38.5 Å². The van der Waals surface area contributed by atoms with Gasteiger partial charge in [-0.1, -0.05) is 69.2 Å². The lowest BCUT2D eigenvalue weighted by atomic mass is 9.99. The van der Waals surface area contributed by atoms with Crippen molar-refractivity contribution in [2.75, 3.05) is 4.90 Å². The smallest absolute Gasteiger partial charge is 0.319 e. The Balaban J connectivity index is 1.79. The molecule has 0 aliphatic rings. The van der Waals surface area contributed by atoms with Crippen molar-refractivity contribution < 1.29 is 43.3 Å². The van der Waals surface area contributed by atoms with Crippen LogP contribution in [0.3, 0.4) is 0 Å². The van der Waals surface area contributed by atoms with Gasteiger partial charge in [0.25, 0.3) is 0 Å². The van der Waals surface area contributed by atoms with Crippen LogP contribution in [0.2, 0.25) is 0 Å². The van der Waals surface area contributed by atoms with Crippen LogP contribution in [0.15, 0.2) is 118 Å². The molecule has 0 bridgehead atoms. The Morgan fingerprint density at radius 2 is 0.981 bits per heavy atom. The van der Waals surface area contributed by atoms with Gasteiger partial charge in [0.2, 0.25) is 0 Å². The quantitative estimate of drug-likeness (QED) is 0.0625. The summed E-state index contributed by atoms with van der Waals surface area (Å²) in [5, 5.41) is 15.1. The van der Waals surface area contributed by atoms with Gasteiger partial charge in [0, 0.05) is 67.0 Å². The number of nitrogens with zero attached hydrogens (tertiary/aromatic N) is 5. The molecule has 0 radical (unpaired) electrons. The van der Waals surface area contributed by atoms with Gasteiger partial charge in [0.15, 0.2) is 5.78 Å². The zero-order valence-electron chi connectivity index (χ0n) is 29.7. The largest absolute Gasteiger partial charge is 0.332 e. The first-order valence-corrected chi connectivity index (χ1v) is 16.0. The summed E-state index contributed by atoms with van der Waals surface area (Å²) in [5.74, 6) is -2.71. The van der Waals surface area contributed by atoms with Crippen LogP contribution < -0.4 is 4.90 Å². The molecule has 0 spiro atoms. The van der Waals surface area contributed by atoms with E-state index in [1.807, 2.05) is 42.2 Å². The van der Waals surface area contributed by atoms with E-state index in [1.54, 1.807) is 73.7 Å². The summed E-state index contributed by atoms with van der Waals surface area (Å²) in [6, 6.07) is 28.5.